The molecule has 0 unspecified atom stereocenters. The van der Waals surface area contributed by atoms with Gasteiger partial charge in [-0.2, -0.15) is 0 Å². The second kappa shape index (κ2) is 10.6. The molecule has 3 atom stereocenters. The molecule has 0 bridgehead atoms. The highest BCUT2D eigenvalue weighted by atomic mass is 16.5. The molecule has 0 saturated heterocycles. The highest BCUT2D eigenvalue weighted by Gasteiger charge is 2.27. The summed E-state index contributed by atoms with van der Waals surface area (Å²) in [5, 5.41) is 5.56. The van der Waals surface area contributed by atoms with Crippen molar-refractivity contribution in [1.29, 1.82) is 0 Å². The number of rotatable bonds is 3. The van der Waals surface area contributed by atoms with Crippen LogP contribution in [0.3, 0.4) is 0 Å². The Morgan fingerprint density at radius 1 is 1.23 bits per heavy atom. The van der Waals surface area contributed by atoms with Gasteiger partial charge < -0.3 is 25.0 Å². The van der Waals surface area contributed by atoms with Gasteiger partial charge in [-0.1, -0.05) is 6.92 Å². The number of hydrogen-bond donors (Lipinski definition) is 2. The lowest BCUT2D eigenvalue weighted by Crippen LogP contribution is -2.45. The second-order valence-corrected chi connectivity index (χ2v) is 8.50. The molecule has 2 rings (SSSR count). The van der Waals surface area contributed by atoms with E-state index in [-0.39, 0.29) is 36.0 Å². The van der Waals surface area contributed by atoms with Crippen molar-refractivity contribution in [2.75, 3.05) is 46.2 Å². The van der Waals surface area contributed by atoms with E-state index in [4.69, 9.17) is 9.47 Å². The first-order valence-electron chi connectivity index (χ1n) is 10.4. The molecule has 1 aromatic rings. The summed E-state index contributed by atoms with van der Waals surface area (Å²) in [4.78, 5) is 29.2. The summed E-state index contributed by atoms with van der Waals surface area (Å²) in [6.07, 6.45) is -0.0875. The average molecular weight is 421 g/mol. The van der Waals surface area contributed by atoms with Gasteiger partial charge in [-0.15, -0.1) is 0 Å². The molecule has 0 aliphatic carbocycles. The fraction of sp³-hybridized carbons (Fsp3) is 0.636. The van der Waals surface area contributed by atoms with Crippen molar-refractivity contribution in [2.24, 2.45) is 5.92 Å². The van der Waals surface area contributed by atoms with Crippen LogP contribution < -0.4 is 15.4 Å². The Morgan fingerprint density at radius 3 is 2.57 bits per heavy atom. The monoisotopic (exact) mass is 420 g/mol. The summed E-state index contributed by atoms with van der Waals surface area (Å²) in [6.45, 7) is 9.75. The van der Waals surface area contributed by atoms with E-state index >= 15 is 0 Å². The Morgan fingerprint density at radius 2 is 1.93 bits per heavy atom. The van der Waals surface area contributed by atoms with E-state index in [1.165, 1.54) is 0 Å². The van der Waals surface area contributed by atoms with E-state index in [0.717, 1.165) is 6.54 Å². The quantitative estimate of drug-likeness (QED) is 0.786. The van der Waals surface area contributed by atoms with Gasteiger partial charge in [0.15, 0.2) is 0 Å². The minimum absolute atomic E-state index is 0.0110. The fourth-order valence-corrected chi connectivity index (χ4v) is 3.46. The number of methoxy groups -OCH3 is 1. The van der Waals surface area contributed by atoms with Gasteiger partial charge in [0.05, 0.1) is 11.7 Å². The minimum atomic E-state index is -0.316. The van der Waals surface area contributed by atoms with E-state index in [9.17, 15) is 9.59 Å². The summed E-state index contributed by atoms with van der Waals surface area (Å²) in [7, 11) is 5.51. The van der Waals surface area contributed by atoms with E-state index in [1.54, 1.807) is 37.3 Å². The maximum Gasteiger partial charge on any atom is 0.319 e. The number of hydrogen-bond acceptors (Lipinski definition) is 5. The molecule has 0 spiro atoms. The van der Waals surface area contributed by atoms with Crippen molar-refractivity contribution in [3.8, 4) is 5.75 Å². The largest absolute Gasteiger partial charge is 0.491 e. The van der Waals surface area contributed by atoms with Gasteiger partial charge in [0.25, 0.3) is 5.91 Å². The molecule has 3 amide bonds. The van der Waals surface area contributed by atoms with Crippen LogP contribution in [0.5, 0.6) is 5.75 Å². The Balaban J connectivity index is 2.35. The Hall–Kier alpha value is -2.32. The number of urea groups is 1. The molecule has 30 heavy (non-hydrogen) atoms. The Labute approximate surface area is 179 Å². The van der Waals surface area contributed by atoms with Crippen molar-refractivity contribution < 1.29 is 19.1 Å². The number of ether oxygens (including phenoxy) is 2. The maximum atomic E-state index is 13.2. The third-order valence-electron chi connectivity index (χ3n) is 5.43. The number of amides is 3. The molecule has 1 aliphatic rings. The SMILES string of the molecule is CO[C@@H]1CN(C)C(=O)c2cc(NC(=O)NC(C)C)ccc2OC[C@@H](C)N(C)C[C@H]1C. The second-order valence-electron chi connectivity index (χ2n) is 8.50. The molecule has 2 N–H and O–H groups in total. The lowest BCUT2D eigenvalue weighted by Gasteiger charge is -2.34. The van der Waals surface area contributed by atoms with Gasteiger partial charge in [-0.25, -0.2) is 4.79 Å². The van der Waals surface area contributed by atoms with Crippen LogP contribution in [0.2, 0.25) is 0 Å². The number of nitrogens with zero attached hydrogens (tertiary/aromatic N) is 2. The third-order valence-corrected chi connectivity index (χ3v) is 5.43. The van der Waals surface area contributed by atoms with Crippen LogP contribution >= 0.6 is 0 Å². The van der Waals surface area contributed by atoms with Gasteiger partial charge >= 0.3 is 6.03 Å². The first-order valence-corrected chi connectivity index (χ1v) is 10.4. The molecule has 1 aromatic carbocycles. The highest BCUT2D eigenvalue weighted by Crippen LogP contribution is 2.26. The molecule has 0 fully saturated rings. The molecule has 8 nitrogen and oxygen atoms in total. The van der Waals surface area contributed by atoms with Crippen LogP contribution in [0.25, 0.3) is 0 Å². The van der Waals surface area contributed by atoms with E-state index in [2.05, 4.69) is 36.4 Å². The van der Waals surface area contributed by atoms with Gasteiger partial charge in [0.1, 0.15) is 12.4 Å². The molecule has 1 heterocycles. The molecular weight excluding hydrogens is 384 g/mol. The number of fused-ring (bicyclic) bond motifs is 1. The molecule has 8 heteroatoms. The van der Waals surface area contributed by atoms with Crippen LogP contribution in [0, 0.1) is 5.92 Å². The molecule has 168 valence electrons. The lowest BCUT2D eigenvalue weighted by molar-refractivity contribution is 0.0150. The number of likely N-dealkylation sites (N-methyl/N-ethyl adjacent to an activating group) is 2. The number of carbonyl (C=O) groups is 2. The van der Waals surface area contributed by atoms with Gasteiger partial charge in [-0.3, -0.25) is 9.69 Å². The maximum absolute atomic E-state index is 13.2. The summed E-state index contributed by atoms with van der Waals surface area (Å²) in [6, 6.07) is 5.01. The normalized spacial score (nSPS) is 23.8. The standard InChI is InChI=1S/C22H36N4O4/c1-14(2)23-22(28)24-17-8-9-19-18(10-17)21(27)26(6)12-20(29-7)15(3)11-25(5)16(4)13-30-19/h8-10,14-16,20H,11-13H2,1-7H3,(H2,23,24,28)/t15-,16-,20-/m1/s1. The predicted octanol–water partition coefficient (Wildman–Crippen LogP) is 2.65. The van der Waals surface area contributed by atoms with E-state index < -0.39 is 0 Å². The summed E-state index contributed by atoms with van der Waals surface area (Å²) < 4.78 is 11.7. The summed E-state index contributed by atoms with van der Waals surface area (Å²) in [5.74, 6) is 0.572. The highest BCUT2D eigenvalue weighted by molar-refractivity contribution is 5.99. The summed E-state index contributed by atoms with van der Waals surface area (Å²) in [5.41, 5.74) is 0.948. The van der Waals surface area contributed by atoms with Crippen LogP contribution in [0.15, 0.2) is 18.2 Å². The van der Waals surface area contributed by atoms with Gasteiger partial charge in [0, 0.05) is 45.0 Å². The van der Waals surface area contributed by atoms with Gasteiger partial charge in [0.2, 0.25) is 0 Å². The first-order chi connectivity index (χ1) is 14.1. The topological polar surface area (TPSA) is 83.1 Å². The van der Waals surface area contributed by atoms with Crippen LogP contribution in [0.1, 0.15) is 38.1 Å². The molecule has 0 aromatic heterocycles. The smallest absolute Gasteiger partial charge is 0.319 e. The Kier molecular flexibility index (Phi) is 8.49. The van der Waals surface area contributed by atoms with Crippen molar-refractivity contribution >= 4 is 17.6 Å². The number of nitrogens with one attached hydrogen (secondary N) is 2. The van der Waals surface area contributed by atoms with Crippen molar-refractivity contribution in [3.63, 3.8) is 0 Å². The zero-order valence-electron chi connectivity index (χ0n) is 19.2. The fourth-order valence-electron chi connectivity index (χ4n) is 3.46. The van der Waals surface area contributed by atoms with Crippen molar-refractivity contribution in [1.82, 2.24) is 15.1 Å². The van der Waals surface area contributed by atoms with Crippen LogP contribution in [-0.2, 0) is 4.74 Å². The minimum Gasteiger partial charge on any atom is -0.491 e. The zero-order chi connectivity index (χ0) is 22.4. The van der Waals surface area contributed by atoms with Crippen molar-refractivity contribution in [2.45, 2.75) is 45.9 Å². The zero-order valence-corrected chi connectivity index (χ0v) is 19.2. The van der Waals surface area contributed by atoms with Crippen molar-refractivity contribution in [3.05, 3.63) is 23.8 Å². The number of carbonyl (C=O) groups excluding carboxylic acids is 2. The van der Waals surface area contributed by atoms with Crippen LogP contribution in [-0.4, -0.2) is 80.8 Å². The Bertz CT molecular complexity index is 740. The van der Waals surface area contributed by atoms with Gasteiger partial charge in [-0.05, 0) is 51.9 Å². The number of benzene rings is 1. The first kappa shape index (κ1) is 24.0. The molecule has 1 aliphatic heterocycles. The average Bonchev–Trinajstić information content (AvgIpc) is 2.68. The van der Waals surface area contributed by atoms with E-state index in [1.807, 2.05) is 13.8 Å². The molecule has 0 radical (unpaired) electrons. The molecule has 0 saturated carbocycles. The third kappa shape index (κ3) is 6.34. The lowest BCUT2D eigenvalue weighted by atomic mass is 10.0. The van der Waals surface area contributed by atoms with Crippen LogP contribution in [0.4, 0.5) is 10.5 Å². The molecular formula is C22H36N4O4. The summed E-state index contributed by atoms with van der Waals surface area (Å²) >= 11 is 0. The number of anilines is 1. The predicted molar refractivity (Wildman–Crippen MR) is 118 cm³/mol. The van der Waals surface area contributed by atoms with E-state index in [0.29, 0.717) is 30.2 Å².